The lowest BCUT2D eigenvalue weighted by Gasteiger charge is -2.33. The molecule has 0 aromatic carbocycles. The fraction of sp³-hybridized carbons (Fsp3) is 0.467. The Morgan fingerprint density at radius 1 is 1.15 bits per heavy atom. The van der Waals surface area contributed by atoms with E-state index in [0.29, 0.717) is 5.69 Å². The summed E-state index contributed by atoms with van der Waals surface area (Å²) in [6.07, 6.45) is 2.58. The van der Waals surface area contributed by atoms with Crippen molar-refractivity contribution in [2.45, 2.75) is 11.8 Å². The van der Waals surface area contributed by atoms with Gasteiger partial charge in [-0.3, -0.25) is 14.2 Å². The summed E-state index contributed by atoms with van der Waals surface area (Å²) in [7, 11) is -0.509. The van der Waals surface area contributed by atoms with Gasteiger partial charge in [-0.05, 0) is 6.92 Å². The first-order chi connectivity index (χ1) is 12.6. The van der Waals surface area contributed by atoms with E-state index in [4.69, 9.17) is 0 Å². The third kappa shape index (κ3) is 3.32. The van der Waals surface area contributed by atoms with E-state index in [1.807, 2.05) is 0 Å². The molecule has 3 rings (SSSR count). The molecule has 1 fully saturated rings. The highest BCUT2D eigenvalue weighted by atomic mass is 32.2. The number of aromatic carboxylic acids is 1. The number of carbonyl (C=O) groups is 2. The van der Waals surface area contributed by atoms with Crippen LogP contribution in [0.4, 0.5) is 0 Å². The van der Waals surface area contributed by atoms with Crippen LogP contribution in [0.5, 0.6) is 0 Å². The smallest absolute Gasteiger partial charge is 0.339 e. The molecule has 12 heteroatoms. The van der Waals surface area contributed by atoms with Crippen LogP contribution in [-0.2, 0) is 24.1 Å². The van der Waals surface area contributed by atoms with E-state index in [2.05, 4.69) is 10.2 Å². The molecule has 27 heavy (non-hydrogen) atoms. The number of hydrogen-bond donors (Lipinski definition) is 1. The summed E-state index contributed by atoms with van der Waals surface area (Å²) < 4.78 is 29.6. The van der Waals surface area contributed by atoms with Crippen LogP contribution in [0.25, 0.3) is 0 Å². The maximum absolute atomic E-state index is 12.8. The maximum Gasteiger partial charge on any atom is 0.339 e. The minimum atomic E-state index is -3.70. The number of piperazine rings is 1. The number of carboxylic acid groups (broad SMARTS) is 1. The molecule has 0 bridgehead atoms. The van der Waals surface area contributed by atoms with Crippen molar-refractivity contribution in [2.75, 3.05) is 26.2 Å². The van der Waals surface area contributed by atoms with E-state index < -0.39 is 21.9 Å². The number of nitrogens with zero attached hydrogens (tertiary/aromatic N) is 6. The van der Waals surface area contributed by atoms with E-state index in [1.165, 1.54) is 38.0 Å². The minimum absolute atomic E-state index is 0.109. The van der Waals surface area contributed by atoms with E-state index in [1.54, 1.807) is 14.0 Å². The van der Waals surface area contributed by atoms with Gasteiger partial charge in [-0.2, -0.15) is 14.5 Å². The van der Waals surface area contributed by atoms with Gasteiger partial charge in [0, 0.05) is 46.5 Å². The molecule has 1 N–H and O–H groups in total. The Balaban J connectivity index is 1.75. The molecule has 0 unspecified atom stereocenters. The maximum atomic E-state index is 12.8. The van der Waals surface area contributed by atoms with Crippen LogP contribution in [0.3, 0.4) is 0 Å². The number of carbonyl (C=O) groups excluding carboxylic acids is 1. The minimum Gasteiger partial charge on any atom is -0.478 e. The molecule has 11 nitrogen and oxygen atoms in total. The Bertz CT molecular complexity index is 1000. The molecule has 0 saturated carbocycles. The lowest BCUT2D eigenvalue weighted by molar-refractivity contribution is 0.0653. The molecular formula is C15H20N6O5S. The topological polar surface area (TPSA) is 131 Å². The number of hydrogen-bond acceptors (Lipinski definition) is 6. The van der Waals surface area contributed by atoms with Gasteiger partial charge in [0.05, 0.1) is 11.9 Å². The van der Waals surface area contributed by atoms with Gasteiger partial charge in [-0.25, -0.2) is 13.2 Å². The van der Waals surface area contributed by atoms with Crippen molar-refractivity contribution in [1.29, 1.82) is 0 Å². The molecule has 2 aromatic heterocycles. The fourth-order valence-electron chi connectivity index (χ4n) is 2.96. The average molecular weight is 396 g/mol. The summed E-state index contributed by atoms with van der Waals surface area (Å²) in [5, 5.41) is 17.1. The third-order valence-electron chi connectivity index (χ3n) is 4.60. The zero-order valence-corrected chi connectivity index (χ0v) is 16.0. The summed E-state index contributed by atoms with van der Waals surface area (Å²) in [4.78, 5) is 25.5. The van der Waals surface area contributed by atoms with Gasteiger partial charge in [0.25, 0.3) is 5.91 Å². The lowest BCUT2D eigenvalue weighted by Crippen LogP contribution is -2.50. The first-order valence-electron chi connectivity index (χ1n) is 8.18. The van der Waals surface area contributed by atoms with Crippen molar-refractivity contribution >= 4 is 21.9 Å². The Morgan fingerprint density at radius 3 is 2.30 bits per heavy atom. The second kappa shape index (κ2) is 6.78. The highest BCUT2D eigenvalue weighted by molar-refractivity contribution is 7.89. The summed E-state index contributed by atoms with van der Waals surface area (Å²) in [5.41, 5.74) is 0.209. The fourth-order valence-corrected chi connectivity index (χ4v) is 4.56. The average Bonchev–Trinajstić information content (AvgIpc) is 3.18. The Morgan fingerprint density at radius 2 is 1.78 bits per heavy atom. The molecule has 0 aliphatic carbocycles. The molecule has 3 heterocycles. The summed E-state index contributed by atoms with van der Waals surface area (Å²) in [6, 6.07) is 0. The molecule has 0 spiro atoms. The first kappa shape index (κ1) is 19.0. The van der Waals surface area contributed by atoms with Crippen LogP contribution < -0.4 is 0 Å². The van der Waals surface area contributed by atoms with Gasteiger partial charge in [-0.15, -0.1) is 0 Å². The Kier molecular flexibility index (Phi) is 4.78. The number of carboxylic acids is 1. The predicted octanol–water partition coefficient (Wildman–Crippen LogP) is -0.693. The van der Waals surface area contributed by atoms with Gasteiger partial charge < -0.3 is 10.0 Å². The standard InChI is InChI=1S/C15H20N6O5S/c1-10-12(8-16-19(10)3)27(25,26)21-6-4-20(5-7-21)14(22)13-11(15(23)24)9-18(2)17-13/h8-9H,4-7H2,1-3H3,(H,23,24). The van der Waals surface area contributed by atoms with E-state index in [-0.39, 0.29) is 42.3 Å². The van der Waals surface area contributed by atoms with Crippen molar-refractivity contribution in [3.05, 3.63) is 29.3 Å². The van der Waals surface area contributed by atoms with Crippen molar-refractivity contribution in [1.82, 2.24) is 28.8 Å². The molecule has 1 aliphatic rings. The van der Waals surface area contributed by atoms with Gasteiger partial charge in [0.2, 0.25) is 10.0 Å². The molecule has 1 amide bonds. The van der Waals surface area contributed by atoms with Crippen molar-refractivity contribution in [3.63, 3.8) is 0 Å². The summed E-state index contributed by atoms with van der Waals surface area (Å²) >= 11 is 0. The Labute approximate surface area is 155 Å². The largest absolute Gasteiger partial charge is 0.478 e. The zero-order valence-electron chi connectivity index (χ0n) is 15.2. The lowest BCUT2D eigenvalue weighted by atomic mass is 10.2. The first-order valence-corrected chi connectivity index (χ1v) is 9.62. The molecule has 1 aliphatic heterocycles. The van der Waals surface area contributed by atoms with E-state index in [9.17, 15) is 23.1 Å². The van der Waals surface area contributed by atoms with Crippen LogP contribution in [0, 0.1) is 6.92 Å². The molecule has 2 aromatic rings. The van der Waals surface area contributed by atoms with Crippen LogP contribution in [0.2, 0.25) is 0 Å². The van der Waals surface area contributed by atoms with E-state index in [0.717, 1.165) is 0 Å². The Hall–Kier alpha value is -2.73. The molecule has 146 valence electrons. The highest BCUT2D eigenvalue weighted by Crippen LogP contribution is 2.21. The van der Waals surface area contributed by atoms with Crippen molar-refractivity contribution in [2.24, 2.45) is 14.1 Å². The van der Waals surface area contributed by atoms with Crippen molar-refractivity contribution < 1.29 is 23.1 Å². The molecule has 1 saturated heterocycles. The number of amides is 1. The molecule has 0 atom stereocenters. The number of aryl methyl sites for hydroxylation is 2. The zero-order chi connectivity index (χ0) is 19.9. The van der Waals surface area contributed by atoms with Gasteiger partial charge in [0.1, 0.15) is 10.5 Å². The number of rotatable bonds is 4. The number of sulfonamides is 1. The SMILES string of the molecule is Cc1c(S(=O)(=O)N2CCN(C(=O)c3nn(C)cc3C(=O)O)CC2)cnn1C. The van der Waals surface area contributed by atoms with Gasteiger partial charge in [0.15, 0.2) is 5.69 Å². The van der Waals surface area contributed by atoms with Gasteiger partial charge in [-0.1, -0.05) is 0 Å². The summed E-state index contributed by atoms with van der Waals surface area (Å²) in [6.45, 7) is 2.18. The van der Waals surface area contributed by atoms with Gasteiger partial charge >= 0.3 is 5.97 Å². The summed E-state index contributed by atoms with van der Waals surface area (Å²) in [5.74, 6) is -1.76. The van der Waals surface area contributed by atoms with Crippen molar-refractivity contribution in [3.8, 4) is 0 Å². The third-order valence-corrected chi connectivity index (χ3v) is 6.60. The van der Waals surface area contributed by atoms with Crippen LogP contribution in [0.15, 0.2) is 17.3 Å². The van der Waals surface area contributed by atoms with Crippen LogP contribution in [0.1, 0.15) is 26.5 Å². The van der Waals surface area contributed by atoms with E-state index >= 15 is 0 Å². The van der Waals surface area contributed by atoms with Crippen LogP contribution in [-0.4, -0.2) is 80.3 Å². The quantitative estimate of drug-likeness (QED) is 0.723. The monoisotopic (exact) mass is 396 g/mol. The predicted molar refractivity (Wildman–Crippen MR) is 92.8 cm³/mol. The van der Waals surface area contributed by atoms with Crippen LogP contribution >= 0.6 is 0 Å². The number of aromatic nitrogens is 4. The normalized spacial score (nSPS) is 15.9. The molecular weight excluding hydrogens is 376 g/mol. The molecule has 0 radical (unpaired) electrons. The second-order valence-electron chi connectivity index (χ2n) is 6.28. The highest BCUT2D eigenvalue weighted by Gasteiger charge is 2.34. The second-order valence-corrected chi connectivity index (χ2v) is 8.19.